The monoisotopic (exact) mass is 371 g/mol. The van der Waals surface area contributed by atoms with Crippen molar-refractivity contribution in [3.63, 3.8) is 0 Å². The molecule has 26 heavy (non-hydrogen) atoms. The Balaban J connectivity index is 1.52. The smallest absolute Gasteiger partial charge is 0.486 e. The first kappa shape index (κ1) is 18.0. The number of amides is 1. The van der Waals surface area contributed by atoms with Crippen LogP contribution in [0.3, 0.4) is 0 Å². The van der Waals surface area contributed by atoms with Crippen LogP contribution < -0.4 is 14.8 Å². The molecular weight excluding hydrogens is 355 g/mol. The number of alkyl halides is 3. The predicted octanol–water partition coefficient (Wildman–Crippen LogP) is 3.22. The normalized spacial score (nSPS) is 15.8. The average Bonchev–Trinajstić information content (AvgIpc) is 3.00. The molecule has 0 spiro atoms. The first-order valence-corrected chi connectivity index (χ1v) is 7.84. The summed E-state index contributed by atoms with van der Waals surface area (Å²) in [5, 5.41) is 2.87. The molecule has 2 heterocycles. The van der Waals surface area contributed by atoms with Crippen LogP contribution in [0.4, 0.5) is 13.2 Å². The van der Waals surface area contributed by atoms with Crippen LogP contribution >= 0.6 is 0 Å². The molecule has 1 amide bonds. The predicted molar refractivity (Wildman–Crippen MR) is 81.5 cm³/mol. The van der Waals surface area contributed by atoms with E-state index in [0.717, 1.165) is 31.5 Å². The van der Waals surface area contributed by atoms with Crippen LogP contribution in [0, 0.1) is 0 Å². The highest BCUT2D eigenvalue weighted by Gasteiger charge is 2.34. The summed E-state index contributed by atoms with van der Waals surface area (Å²) in [7, 11) is 0. The van der Waals surface area contributed by atoms with Gasteiger partial charge in [0.2, 0.25) is 5.88 Å². The number of rotatable bonds is 6. The minimum Gasteiger partial charge on any atom is -0.486 e. The highest BCUT2D eigenvalue weighted by atomic mass is 19.4. The zero-order chi connectivity index (χ0) is 18.8. The van der Waals surface area contributed by atoms with Crippen LogP contribution in [0.15, 0.2) is 29.0 Å². The molecule has 1 aliphatic rings. The van der Waals surface area contributed by atoms with Gasteiger partial charge in [0.1, 0.15) is 24.3 Å². The molecule has 2 aromatic heterocycles. The number of nitrogens with zero attached hydrogens (tertiary/aromatic N) is 2. The van der Waals surface area contributed by atoms with Crippen LogP contribution in [0.1, 0.15) is 42.6 Å². The van der Waals surface area contributed by atoms with Gasteiger partial charge in [-0.25, -0.2) is 9.97 Å². The van der Waals surface area contributed by atoms with Gasteiger partial charge >= 0.3 is 12.3 Å². The van der Waals surface area contributed by atoms with Gasteiger partial charge in [0.25, 0.3) is 5.89 Å². The minimum absolute atomic E-state index is 0.0325. The Morgan fingerprint density at radius 1 is 1.38 bits per heavy atom. The number of hydrogen-bond acceptors (Lipinski definition) is 6. The van der Waals surface area contributed by atoms with E-state index in [2.05, 4.69) is 20.0 Å². The second-order valence-electron chi connectivity index (χ2n) is 6.18. The van der Waals surface area contributed by atoms with Crippen LogP contribution in [0.25, 0.3) is 0 Å². The van der Waals surface area contributed by atoms with E-state index in [-0.39, 0.29) is 23.8 Å². The lowest BCUT2D eigenvalue weighted by Crippen LogP contribution is -2.51. The minimum atomic E-state index is -4.80. The Morgan fingerprint density at radius 2 is 2.15 bits per heavy atom. The molecule has 0 aliphatic heterocycles. The number of ether oxygens (including phenoxy) is 2. The lowest BCUT2D eigenvalue weighted by atomic mass is 9.78. The van der Waals surface area contributed by atoms with E-state index >= 15 is 0 Å². The third kappa shape index (κ3) is 4.64. The first-order valence-electron chi connectivity index (χ1n) is 7.84. The Labute approximate surface area is 146 Å². The number of carbonyl (C=O) groups excluding carboxylic acids is 1. The van der Waals surface area contributed by atoms with E-state index in [9.17, 15) is 18.0 Å². The second kappa shape index (κ2) is 6.85. The SMILES string of the molecule is CC1(NC(=O)c2nc(COc3ccc(OC(F)(F)F)nc3)co2)CCC1. The van der Waals surface area contributed by atoms with Crippen LogP contribution in [-0.2, 0) is 6.61 Å². The lowest BCUT2D eigenvalue weighted by molar-refractivity contribution is -0.276. The van der Waals surface area contributed by atoms with E-state index in [0.29, 0.717) is 5.69 Å². The van der Waals surface area contributed by atoms with Crippen molar-refractivity contribution in [2.75, 3.05) is 0 Å². The standard InChI is InChI=1S/C16H16F3N3O4/c1-15(5-2-6-15)22-13(23)14-21-10(9-25-14)8-24-11-3-4-12(20-7-11)26-16(17,18)19/h3-4,7,9H,2,5-6,8H2,1H3,(H,22,23). The highest BCUT2D eigenvalue weighted by molar-refractivity contribution is 5.90. The number of oxazole rings is 1. The summed E-state index contributed by atoms with van der Waals surface area (Å²) in [6.45, 7) is 1.93. The van der Waals surface area contributed by atoms with Crippen molar-refractivity contribution in [3.8, 4) is 11.6 Å². The van der Waals surface area contributed by atoms with Gasteiger partial charge in [-0.2, -0.15) is 0 Å². The number of hydrogen-bond donors (Lipinski definition) is 1. The van der Waals surface area contributed by atoms with Crippen molar-refractivity contribution < 1.29 is 31.9 Å². The number of carbonyl (C=O) groups is 1. The number of pyridine rings is 1. The summed E-state index contributed by atoms with van der Waals surface area (Å²) in [6, 6.07) is 2.31. The third-order valence-corrected chi connectivity index (χ3v) is 3.93. The van der Waals surface area contributed by atoms with Gasteiger partial charge in [0.05, 0.1) is 6.20 Å². The molecule has 0 aromatic carbocycles. The molecular formula is C16H16F3N3O4. The molecule has 1 aliphatic carbocycles. The van der Waals surface area contributed by atoms with E-state index in [1.165, 1.54) is 12.3 Å². The number of aromatic nitrogens is 2. The molecule has 3 rings (SSSR count). The van der Waals surface area contributed by atoms with Gasteiger partial charge in [-0.05, 0) is 32.3 Å². The van der Waals surface area contributed by atoms with E-state index in [1.807, 2.05) is 6.92 Å². The van der Waals surface area contributed by atoms with E-state index < -0.39 is 18.1 Å². The fraction of sp³-hybridized carbons (Fsp3) is 0.438. The summed E-state index contributed by atoms with van der Waals surface area (Å²) in [5.74, 6) is -0.831. The molecule has 1 fully saturated rings. The van der Waals surface area contributed by atoms with Crippen molar-refractivity contribution in [2.45, 2.75) is 44.7 Å². The molecule has 7 nitrogen and oxygen atoms in total. The van der Waals surface area contributed by atoms with Crippen molar-refractivity contribution >= 4 is 5.91 Å². The van der Waals surface area contributed by atoms with Crippen molar-refractivity contribution in [1.29, 1.82) is 0 Å². The molecule has 140 valence electrons. The van der Waals surface area contributed by atoms with Gasteiger partial charge in [0.15, 0.2) is 0 Å². The fourth-order valence-electron chi connectivity index (χ4n) is 2.43. The van der Waals surface area contributed by atoms with Crippen molar-refractivity contribution in [1.82, 2.24) is 15.3 Å². The maximum Gasteiger partial charge on any atom is 0.574 e. The van der Waals surface area contributed by atoms with Crippen molar-refractivity contribution in [2.24, 2.45) is 0 Å². The molecule has 0 atom stereocenters. The van der Waals surface area contributed by atoms with Gasteiger partial charge in [-0.3, -0.25) is 4.79 Å². The van der Waals surface area contributed by atoms with Gasteiger partial charge in [0, 0.05) is 11.6 Å². The largest absolute Gasteiger partial charge is 0.574 e. The quantitative estimate of drug-likeness (QED) is 0.839. The Bertz CT molecular complexity index is 770. The zero-order valence-corrected chi connectivity index (χ0v) is 13.8. The Kier molecular flexibility index (Phi) is 4.75. The molecule has 0 unspecified atom stereocenters. The van der Waals surface area contributed by atoms with Crippen molar-refractivity contribution in [3.05, 3.63) is 36.2 Å². The molecule has 2 aromatic rings. The molecule has 1 N–H and O–H groups in total. The maximum absolute atomic E-state index is 12.1. The Hall–Kier alpha value is -2.78. The van der Waals surface area contributed by atoms with Gasteiger partial charge in [-0.1, -0.05) is 0 Å². The maximum atomic E-state index is 12.1. The Morgan fingerprint density at radius 3 is 2.73 bits per heavy atom. The van der Waals surface area contributed by atoms with Crippen LogP contribution in [0.5, 0.6) is 11.6 Å². The highest BCUT2D eigenvalue weighted by Crippen LogP contribution is 2.31. The van der Waals surface area contributed by atoms with E-state index in [1.54, 1.807) is 0 Å². The van der Waals surface area contributed by atoms with Gasteiger partial charge in [-0.15, -0.1) is 13.2 Å². The lowest BCUT2D eigenvalue weighted by Gasteiger charge is -2.38. The molecule has 10 heteroatoms. The fourth-order valence-corrected chi connectivity index (χ4v) is 2.43. The topological polar surface area (TPSA) is 86.5 Å². The molecule has 0 saturated heterocycles. The summed E-state index contributed by atoms with van der Waals surface area (Å²) in [6.07, 6.45) is 0.470. The average molecular weight is 371 g/mol. The first-order chi connectivity index (χ1) is 12.2. The summed E-state index contributed by atoms with van der Waals surface area (Å²) in [5.41, 5.74) is 0.151. The van der Waals surface area contributed by atoms with E-state index in [4.69, 9.17) is 9.15 Å². The summed E-state index contributed by atoms with van der Waals surface area (Å²) < 4.78 is 50.3. The number of halogens is 3. The zero-order valence-electron chi connectivity index (χ0n) is 13.8. The molecule has 0 bridgehead atoms. The van der Waals surface area contributed by atoms with Crippen LogP contribution in [0.2, 0.25) is 0 Å². The summed E-state index contributed by atoms with van der Waals surface area (Å²) in [4.78, 5) is 19.6. The summed E-state index contributed by atoms with van der Waals surface area (Å²) >= 11 is 0. The van der Waals surface area contributed by atoms with Gasteiger partial charge < -0.3 is 19.2 Å². The molecule has 1 saturated carbocycles. The second-order valence-corrected chi connectivity index (χ2v) is 6.18. The third-order valence-electron chi connectivity index (χ3n) is 3.93. The molecule has 0 radical (unpaired) electrons. The van der Waals surface area contributed by atoms with Crippen LogP contribution in [-0.4, -0.2) is 27.8 Å². The number of nitrogens with one attached hydrogen (secondary N) is 1.